The lowest BCUT2D eigenvalue weighted by Crippen LogP contribution is -2.34. The van der Waals surface area contributed by atoms with Crippen LogP contribution in [0.1, 0.15) is 41.7 Å². The summed E-state index contributed by atoms with van der Waals surface area (Å²) in [4.78, 5) is 32.5. The largest absolute Gasteiger partial charge is 0.324 e. The molecule has 0 saturated carbocycles. The van der Waals surface area contributed by atoms with E-state index in [9.17, 15) is 9.59 Å². The number of fused-ring (bicyclic) bond motifs is 1. The molecule has 10 heteroatoms. The standard InChI is InChI=1S/C20H23BrN6O2S/c1-13-16(25-19(29)15-10-23-27-11-17(21)30-20(15)27)8-14(9-22-13)24-18(28)12-26-6-4-2-3-5-7-26/h8-11H,2-7,12H2,1H3,(H,24,28)(H,25,29). The van der Waals surface area contributed by atoms with Crippen molar-refractivity contribution in [2.24, 2.45) is 0 Å². The molecule has 1 aliphatic rings. The van der Waals surface area contributed by atoms with Gasteiger partial charge in [0.15, 0.2) is 0 Å². The topological polar surface area (TPSA) is 91.6 Å². The quantitative estimate of drug-likeness (QED) is 0.565. The van der Waals surface area contributed by atoms with Gasteiger partial charge in [-0.3, -0.25) is 19.5 Å². The van der Waals surface area contributed by atoms with Gasteiger partial charge in [0.05, 0.1) is 51.6 Å². The number of aromatic nitrogens is 3. The normalized spacial score (nSPS) is 15.1. The predicted octanol–water partition coefficient (Wildman–Crippen LogP) is 3.93. The summed E-state index contributed by atoms with van der Waals surface area (Å²) in [5.74, 6) is -0.334. The SMILES string of the molecule is Cc1ncc(NC(=O)CN2CCCCCC2)cc1NC(=O)c1cnn2cc(Br)sc12. The minimum Gasteiger partial charge on any atom is -0.324 e. The van der Waals surface area contributed by atoms with E-state index in [2.05, 4.69) is 41.5 Å². The molecule has 4 rings (SSSR count). The van der Waals surface area contributed by atoms with E-state index in [-0.39, 0.29) is 11.8 Å². The van der Waals surface area contributed by atoms with E-state index in [0.29, 0.717) is 29.2 Å². The van der Waals surface area contributed by atoms with Crippen molar-refractivity contribution in [3.63, 3.8) is 0 Å². The Morgan fingerprint density at radius 2 is 1.93 bits per heavy atom. The van der Waals surface area contributed by atoms with Crippen molar-refractivity contribution in [2.45, 2.75) is 32.6 Å². The molecule has 8 nitrogen and oxygen atoms in total. The number of carbonyl (C=O) groups is 2. The van der Waals surface area contributed by atoms with Crippen LogP contribution in [0.3, 0.4) is 0 Å². The van der Waals surface area contributed by atoms with Gasteiger partial charge in [0.1, 0.15) is 4.83 Å². The van der Waals surface area contributed by atoms with Gasteiger partial charge >= 0.3 is 0 Å². The highest BCUT2D eigenvalue weighted by molar-refractivity contribution is 9.11. The summed E-state index contributed by atoms with van der Waals surface area (Å²) < 4.78 is 2.56. The van der Waals surface area contributed by atoms with Crippen molar-refractivity contribution in [2.75, 3.05) is 30.3 Å². The van der Waals surface area contributed by atoms with Crippen molar-refractivity contribution >= 4 is 55.3 Å². The highest BCUT2D eigenvalue weighted by Crippen LogP contribution is 2.27. The summed E-state index contributed by atoms with van der Waals surface area (Å²) in [6.45, 7) is 4.10. The number of thiazole rings is 1. The third-order valence-corrected chi connectivity index (χ3v) is 6.69. The predicted molar refractivity (Wildman–Crippen MR) is 121 cm³/mol. The molecule has 0 aromatic carbocycles. The Labute approximate surface area is 186 Å². The third kappa shape index (κ3) is 4.88. The molecular formula is C20H23BrN6O2S. The van der Waals surface area contributed by atoms with Gasteiger partial charge in [-0.05, 0) is 54.9 Å². The Morgan fingerprint density at radius 3 is 2.70 bits per heavy atom. The molecule has 1 aliphatic heterocycles. The molecule has 0 bridgehead atoms. The van der Waals surface area contributed by atoms with Gasteiger partial charge < -0.3 is 10.6 Å². The fourth-order valence-corrected chi connectivity index (χ4v) is 4.97. The number of nitrogens with zero attached hydrogens (tertiary/aromatic N) is 4. The van der Waals surface area contributed by atoms with Gasteiger partial charge in [0.2, 0.25) is 5.91 Å². The van der Waals surface area contributed by atoms with E-state index >= 15 is 0 Å². The lowest BCUT2D eigenvalue weighted by Gasteiger charge is -2.19. The molecule has 30 heavy (non-hydrogen) atoms. The fourth-order valence-electron chi connectivity index (χ4n) is 3.53. The van der Waals surface area contributed by atoms with Crippen LogP contribution >= 0.6 is 27.3 Å². The molecule has 1 saturated heterocycles. The average Bonchev–Trinajstić information content (AvgIpc) is 3.14. The van der Waals surface area contributed by atoms with E-state index in [1.54, 1.807) is 23.0 Å². The first-order valence-electron chi connectivity index (χ1n) is 9.92. The third-order valence-electron chi connectivity index (χ3n) is 5.10. The molecule has 0 radical (unpaired) electrons. The van der Waals surface area contributed by atoms with Crippen LogP contribution in [-0.2, 0) is 4.79 Å². The summed E-state index contributed by atoms with van der Waals surface area (Å²) in [7, 11) is 0. The Hall–Kier alpha value is -2.30. The lowest BCUT2D eigenvalue weighted by atomic mass is 10.2. The van der Waals surface area contributed by atoms with Crippen LogP contribution in [0.25, 0.3) is 4.83 Å². The van der Waals surface area contributed by atoms with Gasteiger partial charge in [-0.1, -0.05) is 12.8 Å². The number of nitrogens with one attached hydrogen (secondary N) is 2. The number of halogens is 1. The molecule has 0 unspecified atom stereocenters. The van der Waals surface area contributed by atoms with E-state index in [1.807, 2.05) is 13.1 Å². The van der Waals surface area contributed by atoms with Gasteiger partial charge in [-0.15, -0.1) is 11.3 Å². The second-order valence-electron chi connectivity index (χ2n) is 7.39. The number of aryl methyl sites for hydroxylation is 1. The molecule has 2 N–H and O–H groups in total. The Bertz CT molecular complexity index is 1070. The number of likely N-dealkylation sites (tertiary alicyclic amines) is 1. The Balaban J connectivity index is 1.43. The number of hydrogen-bond donors (Lipinski definition) is 2. The van der Waals surface area contributed by atoms with Crippen LogP contribution in [-0.4, -0.2) is 50.9 Å². The summed E-state index contributed by atoms with van der Waals surface area (Å²) in [5, 5.41) is 10.00. The van der Waals surface area contributed by atoms with E-state index in [0.717, 1.165) is 34.5 Å². The van der Waals surface area contributed by atoms with Crippen molar-refractivity contribution in [1.82, 2.24) is 19.5 Å². The highest BCUT2D eigenvalue weighted by Gasteiger charge is 2.17. The first-order chi connectivity index (χ1) is 14.5. The molecule has 0 atom stereocenters. The number of hydrogen-bond acceptors (Lipinski definition) is 6. The number of rotatable bonds is 5. The van der Waals surface area contributed by atoms with Crippen LogP contribution in [0, 0.1) is 6.92 Å². The monoisotopic (exact) mass is 490 g/mol. The molecule has 3 aromatic heterocycles. The number of anilines is 2. The molecule has 2 amide bonds. The smallest absolute Gasteiger partial charge is 0.260 e. The summed E-state index contributed by atoms with van der Waals surface area (Å²) >= 11 is 4.85. The maximum absolute atomic E-state index is 12.8. The Kier molecular flexibility index (Phi) is 6.45. The molecule has 4 heterocycles. The highest BCUT2D eigenvalue weighted by atomic mass is 79.9. The number of carbonyl (C=O) groups excluding carboxylic acids is 2. The maximum Gasteiger partial charge on any atom is 0.260 e. The van der Waals surface area contributed by atoms with E-state index in [1.165, 1.54) is 24.2 Å². The first-order valence-corrected chi connectivity index (χ1v) is 11.5. The van der Waals surface area contributed by atoms with Crippen LogP contribution in [0.2, 0.25) is 0 Å². The van der Waals surface area contributed by atoms with Gasteiger partial charge in [-0.2, -0.15) is 5.10 Å². The zero-order chi connectivity index (χ0) is 21.1. The maximum atomic E-state index is 12.8. The van der Waals surface area contributed by atoms with Crippen LogP contribution in [0.5, 0.6) is 0 Å². The summed E-state index contributed by atoms with van der Waals surface area (Å²) in [5.41, 5.74) is 2.28. The summed E-state index contributed by atoms with van der Waals surface area (Å²) in [6, 6.07) is 1.74. The van der Waals surface area contributed by atoms with E-state index in [4.69, 9.17) is 0 Å². The van der Waals surface area contributed by atoms with Crippen molar-refractivity contribution in [1.29, 1.82) is 0 Å². The lowest BCUT2D eigenvalue weighted by molar-refractivity contribution is -0.117. The zero-order valence-electron chi connectivity index (χ0n) is 16.7. The molecule has 0 aliphatic carbocycles. The second-order valence-corrected chi connectivity index (χ2v) is 9.80. The number of pyridine rings is 1. The van der Waals surface area contributed by atoms with Crippen LogP contribution in [0.15, 0.2) is 28.4 Å². The van der Waals surface area contributed by atoms with Gasteiger partial charge in [0.25, 0.3) is 5.91 Å². The first kappa shape index (κ1) is 21.0. The van der Waals surface area contributed by atoms with Gasteiger partial charge in [-0.25, -0.2) is 4.52 Å². The molecule has 158 valence electrons. The van der Waals surface area contributed by atoms with Crippen molar-refractivity contribution in [3.8, 4) is 0 Å². The molecule has 3 aromatic rings. The minimum absolute atomic E-state index is 0.0680. The van der Waals surface area contributed by atoms with Gasteiger partial charge in [0, 0.05) is 0 Å². The Morgan fingerprint density at radius 1 is 1.17 bits per heavy atom. The van der Waals surface area contributed by atoms with Crippen molar-refractivity contribution < 1.29 is 9.59 Å². The average molecular weight is 491 g/mol. The second kappa shape index (κ2) is 9.23. The minimum atomic E-state index is -0.266. The zero-order valence-corrected chi connectivity index (χ0v) is 19.1. The van der Waals surface area contributed by atoms with E-state index < -0.39 is 0 Å². The number of amides is 2. The van der Waals surface area contributed by atoms with Crippen molar-refractivity contribution in [3.05, 3.63) is 39.7 Å². The molecule has 0 spiro atoms. The molecular weight excluding hydrogens is 468 g/mol. The summed E-state index contributed by atoms with van der Waals surface area (Å²) in [6.07, 6.45) is 9.70. The fraction of sp³-hybridized carbons (Fsp3) is 0.400. The van der Waals surface area contributed by atoms with Crippen LogP contribution in [0.4, 0.5) is 11.4 Å². The van der Waals surface area contributed by atoms with Crippen LogP contribution < -0.4 is 10.6 Å². The molecule has 1 fully saturated rings.